The van der Waals surface area contributed by atoms with Crippen molar-refractivity contribution in [2.24, 2.45) is 0 Å². The third kappa shape index (κ3) is 10.3. The van der Waals surface area contributed by atoms with Crippen LogP contribution in [0.4, 0.5) is 0 Å². The quantitative estimate of drug-likeness (QED) is 0.427. The first kappa shape index (κ1) is 32.4. The van der Waals surface area contributed by atoms with Crippen LogP contribution in [0.15, 0.2) is 48.5 Å². The zero-order chi connectivity index (χ0) is 31.2. The van der Waals surface area contributed by atoms with Gasteiger partial charge in [0.1, 0.15) is 35.2 Å². The van der Waals surface area contributed by atoms with Gasteiger partial charge in [0.2, 0.25) is 21.8 Å². The number of fused-ring (bicyclic) bond motifs is 4. The van der Waals surface area contributed by atoms with Gasteiger partial charge >= 0.3 is 5.97 Å². The molecular weight excluding hydrogens is 578 g/mol. The number of ether oxygens (including phenoxy) is 4. The molecule has 2 aromatic rings. The molecule has 3 atom stereocenters. The lowest BCUT2D eigenvalue weighted by molar-refractivity contribution is -0.185. The number of nitrogens with one attached hydrogen (secondary N) is 3. The highest BCUT2D eigenvalue weighted by atomic mass is 32.2. The molecule has 234 valence electrons. The van der Waals surface area contributed by atoms with Crippen LogP contribution in [-0.4, -0.2) is 75.7 Å². The van der Waals surface area contributed by atoms with Crippen LogP contribution in [-0.2, 0) is 51.5 Å². The maximum Gasteiger partial charge on any atom is 0.329 e. The van der Waals surface area contributed by atoms with Crippen molar-refractivity contribution in [3.05, 3.63) is 59.7 Å². The van der Waals surface area contributed by atoms with E-state index in [0.717, 1.165) is 6.26 Å². The zero-order valence-electron chi connectivity index (χ0n) is 24.8. The second-order valence-corrected chi connectivity index (χ2v) is 13.4. The molecule has 12 nitrogen and oxygen atoms in total. The molecule has 1 saturated heterocycles. The van der Waals surface area contributed by atoms with Crippen LogP contribution in [0.25, 0.3) is 0 Å². The number of benzene rings is 2. The monoisotopic (exact) mass is 617 g/mol. The Morgan fingerprint density at radius 2 is 1.56 bits per heavy atom. The fraction of sp³-hybridized carbons (Fsp3) is 0.500. The normalized spacial score (nSPS) is 22.6. The maximum atomic E-state index is 13.8. The summed E-state index contributed by atoms with van der Waals surface area (Å²) < 4.78 is 49.8. The molecule has 0 radical (unpaired) electrons. The predicted molar refractivity (Wildman–Crippen MR) is 157 cm³/mol. The number of esters is 1. The van der Waals surface area contributed by atoms with E-state index in [4.69, 9.17) is 18.9 Å². The van der Waals surface area contributed by atoms with Crippen LogP contribution < -0.4 is 20.1 Å². The van der Waals surface area contributed by atoms with Crippen molar-refractivity contribution in [2.45, 2.75) is 76.5 Å². The van der Waals surface area contributed by atoms with E-state index in [0.29, 0.717) is 42.3 Å². The summed E-state index contributed by atoms with van der Waals surface area (Å²) in [6.45, 7) is 6.00. The van der Waals surface area contributed by atoms with Gasteiger partial charge in [-0.2, -0.15) is 0 Å². The number of carbonyl (C=O) groups excluding carboxylic acids is 3. The molecule has 0 spiro atoms. The molecule has 4 bridgehead atoms. The number of rotatable bonds is 5. The van der Waals surface area contributed by atoms with Gasteiger partial charge in [-0.05, 0) is 69.0 Å². The van der Waals surface area contributed by atoms with Gasteiger partial charge in [0, 0.05) is 12.8 Å². The summed E-state index contributed by atoms with van der Waals surface area (Å²) >= 11 is 0. The summed E-state index contributed by atoms with van der Waals surface area (Å²) in [6.07, 6.45) is 0.827. The van der Waals surface area contributed by atoms with E-state index in [1.54, 1.807) is 69.3 Å². The van der Waals surface area contributed by atoms with E-state index < -0.39 is 57.8 Å². The second-order valence-electron chi connectivity index (χ2n) is 11.7. The third-order valence-corrected chi connectivity index (χ3v) is 7.26. The SMILES string of the molecule is CC(C)(C)OC(=O)[C@@H]1Cc2cccc(c2)Oc2cccc(c2)C[C@H](NS(C)(=O)=O)C(=O)N[C@@H](CC2OCCCO2)C(=O)N1. The molecule has 2 amide bonds. The first-order valence-electron chi connectivity index (χ1n) is 14.1. The molecule has 2 aromatic carbocycles. The third-order valence-electron chi connectivity index (χ3n) is 6.55. The van der Waals surface area contributed by atoms with Crippen LogP contribution >= 0.6 is 0 Å². The van der Waals surface area contributed by atoms with E-state index in [9.17, 15) is 22.8 Å². The number of amides is 2. The fourth-order valence-electron chi connectivity index (χ4n) is 4.73. The molecule has 0 aliphatic carbocycles. The number of carbonyl (C=O) groups is 3. The number of sulfonamides is 1. The summed E-state index contributed by atoms with van der Waals surface area (Å²) in [5, 5.41) is 5.41. The molecule has 1 fully saturated rings. The van der Waals surface area contributed by atoms with Gasteiger partial charge in [-0.25, -0.2) is 17.9 Å². The van der Waals surface area contributed by atoms with E-state index in [1.807, 2.05) is 0 Å². The van der Waals surface area contributed by atoms with E-state index in [1.165, 1.54) is 0 Å². The van der Waals surface area contributed by atoms with E-state index in [2.05, 4.69) is 15.4 Å². The van der Waals surface area contributed by atoms with Crippen molar-refractivity contribution in [1.82, 2.24) is 15.4 Å². The Kier molecular flexibility index (Phi) is 10.4. The summed E-state index contributed by atoms with van der Waals surface area (Å²) in [4.78, 5) is 40.6. The van der Waals surface area contributed by atoms with Crippen LogP contribution in [0, 0.1) is 0 Å². The van der Waals surface area contributed by atoms with E-state index >= 15 is 0 Å². The first-order valence-corrected chi connectivity index (χ1v) is 16.0. The Labute approximate surface area is 251 Å². The molecule has 2 aliphatic rings. The van der Waals surface area contributed by atoms with Crippen LogP contribution in [0.3, 0.4) is 0 Å². The fourth-order valence-corrected chi connectivity index (χ4v) is 5.44. The lowest BCUT2D eigenvalue weighted by Crippen LogP contribution is -2.57. The Hall–Kier alpha value is -3.52. The van der Waals surface area contributed by atoms with Crippen molar-refractivity contribution in [3.63, 3.8) is 0 Å². The summed E-state index contributed by atoms with van der Waals surface area (Å²) in [5.74, 6) is -1.11. The molecule has 3 N–H and O–H groups in total. The van der Waals surface area contributed by atoms with Crippen LogP contribution in [0.1, 0.15) is 44.7 Å². The largest absolute Gasteiger partial charge is 0.458 e. The summed E-state index contributed by atoms with van der Waals surface area (Å²) in [5.41, 5.74) is 0.505. The van der Waals surface area contributed by atoms with Gasteiger partial charge in [-0.1, -0.05) is 24.3 Å². The van der Waals surface area contributed by atoms with Gasteiger partial charge in [0.25, 0.3) is 0 Å². The number of hydrogen-bond acceptors (Lipinski definition) is 9. The molecule has 0 unspecified atom stereocenters. The summed E-state index contributed by atoms with van der Waals surface area (Å²) in [7, 11) is -3.82. The van der Waals surface area contributed by atoms with Gasteiger partial charge in [-0.15, -0.1) is 0 Å². The predicted octanol–water partition coefficient (Wildman–Crippen LogP) is 1.96. The molecule has 2 aliphatic heterocycles. The minimum atomic E-state index is -3.82. The van der Waals surface area contributed by atoms with Gasteiger partial charge in [0.05, 0.1) is 19.5 Å². The van der Waals surface area contributed by atoms with Crippen molar-refractivity contribution < 1.29 is 41.7 Å². The van der Waals surface area contributed by atoms with Gasteiger partial charge < -0.3 is 29.6 Å². The minimum absolute atomic E-state index is 0.0263. The minimum Gasteiger partial charge on any atom is -0.458 e. The molecule has 4 rings (SSSR count). The topological polar surface area (TPSA) is 158 Å². The molecular formula is C30H39N3O9S. The van der Waals surface area contributed by atoms with E-state index in [-0.39, 0.29) is 19.3 Å². The molecule has 0 aromatic heterocycles. The highest BCUT2D eigenvalue weighted by Gasteiger charge is 2.34. The Balaban J connectivity index is 1.74. The standard InChI is InChI=1S/C30H39N3O9S/c1-30(2,3)42-29(36)25-17-20-9-6-11-22(15-20)41-21-10-5-8-19(14-21)16-24(33-43(4,37)38)28(35)31-23(27(34)32-25)18-26-39-12-7-13-40-26/h5-6,8-11,14-15,23-26,33H,7,12-13,16-18H2,1-4H3,(H,31,35)(H,32,34)/t23-,24-,25-/m0/s1. The Bertz CT molecular complexity index is 1420. The average molecular weight is 618 g/mol. The van der Waals surface area contributed by atoms with Crippen LogP contribution in [0.5, 0.6) is 11.5 Å². The van der Waals surface area contributed by atoms with Crippen molar-refractivity contribution >= 4 is 27.8 Å². The molecule has 0 saturated carbocycles. The lowest BCUT2D eigenvalue weighted by atomic mass is 10.0. The van der Waals surface area contributed by atoms with Gasteiger partial charge in [-0.3, -0.25) is 9.59 Å². The highest BCUT2D eigenvalue weighted by Crippen LogP contribution is 2.25. The number of hydrogen-bond donors (Lipinski definition) is 3. The zero-order valence-corrected chi connectivity index (χ0v) is 25.6. The molecule has 43 heavy (non-hydrogen) atoms. The van der Waals surface area contributed by atoms with Crippen molar-refractivity contribution in [2.75, 3.05) is 19.5 Å². The van der Waals surface area contributed by atoms with Crippen molar-refractivity contribution in [3.8, 4) is 11.5 Å². The van der Waals surface area contributed by atoms with Gasteiger partial charge in [0.15, 0.2) is 6.29 Å². The molecule has 2 heterocycles. The highest BCUT2D eigenvalue weighted by molar-refractivity contribution is 7.88. The average Bonchev–Trinajstić information content (AvgIpc) is 2.91. The molecule has 13 heteroatoms. The smallest absolute Gasteiger partial charge is 0.329 e. The Morgan fingerprint density at radius 3 is 2.14 bits per heavy atom. The van der Waals surface area contributed by atoms with Crippen LogP contribution in [0.2, 0.25) is 0 Å². The second kappa shape index (κ2) is 13.8. The Morgan fingerprint density at radius 1 is 0.953 bits per heavy atom. The van der Waals surface area contributed by atoms with Crippen molar-refractivity contribution in [1.29, 1.82) is 0 Å². The summed E-state index contributed by atoms with van der Waals surface area (Å²) in [6, 6.07) is 10.4. The maximum absolute atomic E-state index is 13.8. The lowest BCUT2D eigenvalue weighted by Gasteiger charge is -2.30. The first-order chi connectivity index (χ1) is 20.2.